The third kappa shape index (κ3) is 9.84. The van der Waals surface area contributed by atoms with E-state index < -0.39 is 23.8 Å². The highest BCUT2D eigenvalue weighted by atomic mass is 16.6. The summed E-state index contributed by atoms with van der Waals surface area (Å²) in [6, 6.07) is 3.39. The average molecular weight is 532 g/mol. The fraction of sp³-hybridized carbons (Fsp3) is 0.700. The number of nitrogens with one attached hydrogen (secondary N) is 2. The van der Waals surface area contributed by atoms with Crippen molar-refractivity contribution in [2.75, 3.05) is 6.54 Å². The van der Waals surface area contributed by atoms with E-state index in [0.717, 1.165) is 32.1 Å². The molecular weight excluding hydrogens is 482 g/mol. The molecule has 1 fully saturated rings. The fourth-order valence-electron chi connectivity index (χ4n) is 4.89. The van der Waals surface area contributed by atoms with Crippen LogP contribution in [0.1, 0.15) is 110 Å². The minimum atomic E-state index is -0.884. The van der Waals surface area contributed by atoms with E-state index in [-0.39, 0.29) is 29.5 Å². The summed E-state index contributed by atoms with van der Waals surface area (Å²) < 4.78 is 5.45. The van der Waals surface area contributed by atoms with Gasteiger partial charge in [-0.1, -0.05) is 52.5 Å². The van der Waals surface area contributed by atoms with Crippen LogP contribution < -0.4 is 10.6 Å². The van der Waals surface area contributed by atoms with E-state index in [4.69, 9.17) is 4.74 Å². The summed E-state index contributed by atoms with van der Waals surface area (Å²) in [5.74, 6) is -0.284. The molecule has 214 valence electrons. The topological polar surface area (TPSA) is 108 Å². The van der Waals surface area contributed by atoms with Gasteiger partial charge in [0.25, 0.3) is 0 Å². The van der Waals surface area contributed by atoms with E-state index in [2.05, 4.69) is 10.6 Å². The lowest BCUT2D eigenvalue weighted by Crippen LogP contribution is -2.54. The van der Waals surface area contributed by atoms with Gasteiger partial charge in [-0.15, -0.1) is 0 Å². The lowest BCUT2D eigenvalue weighted by molar-refractivity contribution is -0.143. The molecule has 0 heterocycles. The average Bonchev–Trinajstić information content (AvgIpc) is 2.82. The first-order valence-corrected chi connectivity index (χ1v) is 14.2. The minimum Gasteiger partial charge on any atom is -0.508 e. The summed E-state index contributed by atoms with van der Waals surface area (Å²) in [7, 11) is 0. The van der Waals surface area contributed by atoms with Crippen LogP contribution in [0.2, 0.25) is 0 Å². The highest BCUT2D eigenvalue weighted by Crippen LogP contribution is 2.29. The van der Waals surface area contributed by atoms with Gasteiger partial charge in [-0.05, 0) is 82.6 Å². The maximum Gasteiger partial charge on any atom is 0.408 e. The first-order valence-electron chi connectivity index (χ1n) is 14.2. The van der Waals surface area contributed by atoms with Crippen molar-refractivity contribution in [2.45, 2.75) is 124 Å². The molecule has 0 saturated heterocycles. The van der Waals surface area contributed by atoms with Crippen LogP contribution in [0.3, 0.4) is 0 Å². The zero-order chi connectivity index (χ0) is 28.5. The van der Waals surface area contributed by atoms with Gasteiger partial charge in [-0.2, -0.15) is 0 Å². The molecular formula is C30H49N3O5. The Morgan fingerprint density at radius 2 is 1.79 bits per heavy atom. The van der Waals surface area contributed by atoms with Crippen molar-refractivity contribution in [3.8, 4) is 5.75 Å². The molecule has 2 atom stereocenters. The number of alkyl carbamates (subject to hydrolysis) is 1. The number of benzene rings is 1. The van der Waals surface area contributed by atoms with Crippen LogP contribution in [0, 0.1) is 12.8 Å². The lowest BCUT2D eigenvalue weighted by Gasteiger charge is -2.36. The molecule has 2 rings (SSSR count). The Kier molecular flexibility index (Phi) is 11.9. The molecule has 8 heteroatoms. The maximum atomic E-state index is 14.2. The molecule has 3 amide bonds. The Morgan fingerprint density at radius 1 is 1.13 bits per heavy atom. The maximum absolute atomic E-state index is 14.2. The van der Waals surface area contributed by atoms with E-state index in [9.17, 15) is 19.5 Å². The number of aryl methyl sites for hydroxylation is 1. The number of amides is 3. The Hall–Kier alpha value is -2.77. The molecule has 1 aromatic rings. The number of phenolic OH excluding ortho intramolecular Hbond substituents is 1. The monoisotopic (exact) mass is 531 g/mol. The number of hydrogen-bond acceptors (Lipinski definition) is 5. The quantitative estimate of drug-likeness (QED) is 0.337. The predicted molar refractivity (Wildman–Crippen MR) is 150 cm³/mol. The van der Waals surface area contributed by atoms with Crippen molar-refractivity contribution < 1.29 is 24.2 Å². The third-order valence-corrected chi connectivity index (χ3v) is 6.78. The van der Waals surface area contributed by atoms with Gasteiger partial charge in [0.15, 0.2) is 0 Å². The van der Waals surface area contributed by atoms with Crippen molar-refractivity contribution in [3.05, 3.63) is 29.3 Å². The molecule has 1 aliphatic rings. The van der Waals surface area contributed by atoms with Crippen LogP contribution in [-0.4, -0.2) is 52.1 Å². The normalized spacial score (nSPS) is 16.0. The number of carbonyl (C=O) groups excluding carboxylic acids is 3. The van der Waals surface area contributed by atoms with Crippen molar-refractivity contribution in [1.82, 2.24) is 15.5 Å². The van der Waals surface area contributed by atoms with Gasteiger partial charge in [0, 0.05) is 12.6 Å². The standard InChI is InChI=1S/C30H49N3O5/c1-8-9-17-33(28(36)24(18-20(2)3)32-29(37)38-30(5,6)7)26(22-15-16-25(34)21(4)19-22)27(35)31-23-13-11-10-12-14-23/h15-16,19-20,23-24,26,34H,8-14,17-18H2,1-7H3,(H,31,35)(H,32,37). The van der Waals surface area contributed by atoms with E-state index in [0.29, 0.717) is 30.5 Å². The number of carbonyl (C=O) groups is 3. The van der Waals surface area contributed by atoms with E-state index in [1.165, 1.54) is 6.42 Å². The van der Waals surface area contributed by atoms with Crippen LogP contribution in [-0.2, 0) is 14.3 Å². The molecule has 0 aromatic heterocycles. The van der Waals surface area contributed by atoms with Crippen LogP contribution in [0.25, 0.3) is 0 Å². The van der Waals surface area contributed by atoms with Crippen LogP contribution in [0.5, 0.6) is 5.75 Å². The second-order valence-corrected chi connectivity index (χ2v) is 12.0. The molecule has 0 radical (unpaired) electrons. The Balaban J connectivity index is 2.48. The largest absolute Gasteiger partial charge is 0.508 e. The number of aromatic hydroxyl groups is 1. The molecule has 1 saturated carbocycles. The number of ether oxygens (including phenoxy) is 1. The number of nitrogens with zero attached hydrogens (tertiary/aromatic N) is 1. The van der Waals surface area contributed by atoms with Crippen LogP contribution >= 0.6 is 0 Å². The number of phenols is 1. The minimum absolute atomic E-state index is 0.0754. The van der Waals surface area contributed by atoms with Gasteiger partial charge in [0.1, 0.15) is 23.4 Å². The molecule has 0 bridgehead atoms. The smallest absolute Gasteiger partial charge is 0.408 e. The molecule has 3 N–H and O–H groups in total. The van der Waals surface area contributed by atoms with Crippen LogP contribution in [0.15, 0.2) is 18.2 Å². The first-order chi connectivity index (χ1) is 17.8. The van der Waals surface area contributed by atoms with Gasteiger partial charge in [0.2, 0.25) is 11.8 Å². The number of rotatable bonds is 11. The second-order valence-electron chi connectivity index (χ2n) is 12.0. The Bertz CT molecular complexity index is 934. The number of hydrogen-bond donors (Lipinski definition) is 3. The fourth-order valence-corrected chi connectivity index (χ4v) is 4.89. The summed E-state index contributed by atoms with van der Waals surface area (Å²) in [6.45, 7) is 13.5. The molecule has 0 aliphatic heterocycles. The molecule has 1 aliphatic carbocycles. The summed E-state index contributed by atoms with van der Waals surface area (Å²) >= 11 is 0. The predicted octanol–water partition coefficient (Wildman–Crippen LogP) is 5.76. The number of unbranched alkanes of at least 4 members (excludes halogenated alkanes) is 1. The van der Waals surface area contributed by atoms with Crippen molar-refractivity contribution in [1.29, 1.82) is 0 Å². The van der Waals surface area contributed by atoms with Crippen LogP contribution in [0.4, 0.5) is 4.79 Å². The third-order valence-electron chi connectivity index (χ3n) is 6.78. The molecule has 1 aromatic carbocycles. The van der Waals surface area contributed by atoms with Gasteiger partial charge >= 0.3 is 6.09 Å². The van der Waals surface area contributed by atoms with E-state index in [1.54, 1.807) is 50.8 Å². The van der Waals surface area contributed by atoms with E-state index in [1.807, 2.05) is 20.8 Å². The SMILES string of the molecule is CCCCN(C(=O)C(CC(C)C)NC(=O)OC(C)(C)C)C(C(=O)NC1CCCCC1)c1ccc(O)c(C)c1. The highest BCUT2D eigenvalue weighted by Gasteiger charge is 2.37. The molecule has 38 heavy (non-hydrogen) atoms. The van der Waals surface area contributed by atoms with Crippen molar-refractivity contribution in [3.63, 3.8) is 0 Å². The second kappa shape index (κ2) is 14.4. The Labute approximate surface area is 228 Å². The summed E-state index contributed by atoms with van der Waals surface area (Å²) in [4.78, 5) is 42.4. The summed E-state index contributed by atoms with van der Waals surface area (Å²) in [5, 5.41) is 16.1. The van der Waals surface area contributed by atoms with Crippen molar-refractivity contribution >= 4 is 17.9 Å². The highest BCUT2D eigenvalue weighted by molar-refractivity contribution is 5.92. The Morgan fingerprint density at radius 3 is 2.34 bits per heavy atom. The van der Waals surface area contributed by atoms with Gasteiger partial charge in [-0.3, -0.25) is 9.59 Å². The zero-order valence-electron chi connectivity index (χ0n) is 24.4. The molecule has 8 nitrogen and oxygen atoms in total. The lowest BCUT2D eigenvalue weighted by atomic mass is 9.94. The summed E-state index contributed by atoms with van der Waals surface area (Å²) in [6.07, 6.45) is 6.45. The van der Waals surface area contributed by atoms with Gasteiger partial charge < -0.3 is 25.4 Å². The van der Waals surface area contributed by atoms with Gasteiger partial charge in [0.05, 0.1) is 0 Å². The molecule has 0 spiro atoms. The molecule has 2 unspecified atom stereocenters. The van der Waals surface area contributed by atoms with Gasteiger partial charge in [-0.25, -0.2) is 4.79 Å². The van der Waals surface area contributed by atoms with E-state index >= 15 is 0 Å². The summed E-state index contributed by atoms with van der Waals surface area (Å²) in [5.41, 5.74) is 0.564. The zero-order valence-corrected chi connectivity index (χ0v) is 24.4. The first kappa shape index (κ1) is 31.4. The van der Waals surface area contributed by atoms with Crippen molar-refractivity contribution in [2.24, 2.45) is 5.92 Å².